The van der Waals surface area contributed by atoms with Gasteiger partial charge in [0.2, 0.25) is 0 Å². The Morgan fingerprint density at radius 2 is 1.79 bits per heavy atom. The summed E-state index contributed by atoms with van der Waals surface area (Å²) in [5.74, 6) is 0. The van der Waals surface area contributed by atoms with Crippen molar-refractivity contribution in [3.63, 3.8) is 0 Å². The van der Waals surface area contributed by atoms with Crippen LogP contribution in [0.15, 0.2) is 0 Å². The lowest BCUT2D eigenvalue weighted by Crippen LogP contribution is -2.43. The number of rotatable bonds is 4. The van der Waals surface area contributed by atoms with E-state index in [1.54, 1.807) is 0 Å². The minimum absolute atomic E-state index is 0.546. The number of carboxylic acid groups (broad SMARTS) is 2. The highest BCUT2D eigenvalue weighted by Gasteiger charge is 2.33. The molecule has 0 aliphatic carbocycles. The van der Waals surface area contributed by atoms with E-state index in [0.717, 1.165) is 0 Å². The van der Waals surface area contributed by atoms with E-state index in [-0.39, 0.29) is 0 Å². The number of aliphatic hydroxyl groups excluding tert-OH is 1. The Bertz CT molecular complexity index is 222. The van der Waals surface area contributed by atoms with Gasteiger partial charge in [-0.05, 0) is 13.8 Å². The quantitative estimate of drug-likeness (QED) is 0.577. The van der Waals surface area contributed by atoms with Crippen LogP contribution < -0.4 is 0 Å². The van der Waals surface area contributed by atoms with E-state index < -0.39 is 30.6 Å². The summed E-state index contributed by atoms with van der Waals surface area (Å²) in [4.78, 5) is 20.1. The fraction of sp³-hybridized carbons (Fsp3) is 0.714. The predicted molar refractivity (Wildman–Crippen MR) is 43.2 cm³/mol. The van der Waals surface area contributed by atoms with Crippen LogP contribution in [0.3, 0.4) is 0 Å². The minimum Gasteiger partial charge on any atom is -0.450 e. The van der Waals surface area contributed by atoms with Crippen LogP contribution in [-0.2, 0) is 9.47 Å². The molecule has 0 aromatic heterocycles. The van der Waals surface area contributed by atoms with E-state index in [4.69, 9.17) is 10.2 Å². The van der Waals surface area contributed by atoms with Gasteiger partial charge >= 0.3 is 12.3 Å². The van der Waals surface area contributed by atoms with Crippen molar-refractivity contribution >= 4 is 12.3 Å². The van der Waals surface area contributed by atoms with Crippen LogP contribution >= 0.6 is 0 Å². The summed E-state index contributed by atoms with van der Waals surface area (Å²) in [6.07, 6.45) is -4.45. The Labute approximate surface area is 79.9 Å². The van der Waals surface area contributed by atoms with Gasteiger partial charge in [0, 0.05) is 0 Å². The molecule has 0 spiro atoms. The van der Waals surface area contributed by atoms with Gasteiger partial charge in [0.1, 0.15) is 18.3 Å². The van der Waals surface area contributed by atoms with Gasteiger partial charge in [-0.1, -0.05) is 0 Å². The van der Waals surface area contributed by atoms with Gasteiger partial charge in [0.15, 0.2) is 0 Å². The first kappa shape index (κ1) is 12.5. The van der Waals surface area contributed by atoms with E-state index in [0.29, 0.717) is 0 Å². The fourth-order valence-electron chi connectivity index (χ4n) is 0.644. The molecule has 0 bridgehead atoms. The predicted octanol–water partition coefficient (Wildman–Crippen LogP) is 0.515. The van der Waals surface area contributed by atoms with Crippen molar-refractivity contribution in [1.29, 1.82) is 0 Å². The van der Waals surface area contributed by atoms with Crippen molar-refractivity contribution in [3.8, 4) is 0 Å². The van der Waals surface area contributed by atoms with Crippen molar-refractivity contribution in [2.45, 2.75) is 25.6 Å². The Hall–Kier alpha value is -1.50. The van der Waals surface area contributed by atoms with Gasteiger partial charge in [-0.15, -0.1) is 0 Å². The molecule has 14 heavy (non-hydrogen) atoms. The van der Waals surface area contributed by atoms with Gasteiger partial charge in [0.25, 0.3) is 0 Å². The van der Waals surface area contributed by atoms with Crippen LogP contribution in [0.25, 0.3) is 0 Å². The third-order valence-corrected chi connectivity index (χ3v) is 1.52. The maximum atomic E-state index is 10.2. The average Bonchev–Trinajstić information content (AvgIpc) is 1.97. The molecule has 0 aromatic rings. The standard InChI is InChI=1S/C7H12O7/c1-7(2,14-6(11)12)4(8)3-13-5(9)10/h4,8H,3H2,1-2H3,(H,9,10)(H,11,12). The van der Waals surface area contributed by atoms with Crippen molar-refractivity contribution < 1.29 is 34.4 Å². The molecular weight excluding hydrogens is 196 g/mol. The zero-order chi connectivity index (χ0) is 11.4. The molecule has 0 aliphatic rings. The topological polar surface area (TPSA) is 113 Å². The van der Waals surface area contributed by atoms with Gasteiger partial charge < -0.3 is 24.8 Å². The number of aliphatic hydroxyl groups is 1. The Kier molecular flexibility index (Phi) is 4.16. The molecule has 0 aromatic carbocycles. The summed E-state index contributed by atoms with van der Waals surface area (Å²) in [5.41, 5.74) is -1.42. The highest BCUT2D eigenvalue weighted by Crippen LogP contribution is 2.15. The van der Waals surface area contributed by atoms with Gasteiger partial charge in [-0.25, -0.2) is 9.59 Å². The van der Waals surface area contributed by atoms with Crippen LogP contribution in [0.1, 0.15) is 13.8 Å². The van der Waals surface area contributed by atoms with E-state index in [1.165, 1.54) is 13.8 Å². The summed E-state index contributed by atoms with van der Waals surface area (Å²) in [6, 6.07) is 0. The van der Waals surface area contributed by atoms with Gasteiger partial charge in [-0.3, -0.25) is 0 Å². The molecule has 0 fully saturated rings. The molecular formula is C7H12O7. The first-order chi connectivity index (χ1) is 6.25. The highest BCUT2D eigenvalue weighted by molar-refractivity contribution is 5.58. The molecule has 0 heterocycles. The summed E-state index contributed by atoms with van der Waals surface area (Å²) >= 11 is 0. The third kappa shape index (κ3) is 4.51. The van der Waals surface area contributed by atoms with Gasteiger partial charge in [-0.2, -0.15) is 0 Å². The largest absolute Gasteiger partial charge is 0.506 e. The molecule has 0 amide bonds. The molecule has 0 saturated carbocycles. The summed E-state index contributed by atoms with van der Waals surface area (Å²) in [5, 5.41) is 25.7. The van der Waals surface area contributed by atoms with Crippen molar-refractivity contribution in [2.75, 3.05) is 6.61 Å². The van der Waals surface area contributed by atoms with Crippen LogP contribution in [0.5, 0.6) is 0 Å². The Morgan fingerprint density at radius 3 is 2.14 bits per heavy atom. The number of hydrogen-bond donors (Lipinski definition) is 3. The van der Waals surface area contributed by atoms with Crippen LogP contribution in [0.4, 0.5) is 9.59 Å². The molecule has 7 heteroatoms. The second-order valence-corrected chi connectivity index (χ2v) is 3.06. The van der Waals surface area contributed by atoms with E-state index in [1.807, 2.05) is 0 Å². The number of ether oxygens (including phenoxy) is 2. The zero-order valence-corrected chi connectivity index (χ0v) is 7.76. The monoisotopic (exact) mass is 208 g/mol. The highest BCUT2D eigenvalue weighted by atomic mass is 16.7. The maximum Gasteiger partial charge on any atom is 0.506 e. The third-order valence-electron chi connectivity index (χ3n) is 1.52. The second-order valence-electron chi connectivity index (χ2n) is 3.06. The minimum atomic E-state index is -1.55. The molecule has 0 saturated heterocycles. The number of carbonyl (C=O) groups is 2. The molecule has 0 rings (SSSR count). The molecule has 0 radical (unpaired) electrons. The SMILES string of the molecule is CC(C)(OC(=O)O)C(O)COC(=O)O. The lowest BCUT2D eigenvalue weighted by Gasteiger charge is -2.27. The molecule has 82 valence electrons. The first-order valence-electron chi connectivity index (χ1n) is 3.71. The number of hydrogen-bond acceptors (Lipinski definition) is 5. The summed E-state index contributed by atoms with van der Waals surface area (Å²) in [7, 11) is 0. The van der Waals surface area contributed by atoms with Crippen molar-refractivity contribution in [3.05, 3.63) is 0 Å². The van der Waals surface area contributed by atoms with Crippen LogP contribution in [0.2, 0.25) is 0 Å². The molecule has 3 N–H and O–H groups in total. The maximum absolute atomic E-state index is 10.2. The Morgan fingerprint density at radius 1 is 1.29 bits per heavy atom. The van der Waals surface area contributed by atoms with Crippen molar-refractivity contribution in [2.24, 2.45) is 0 Å². The molecule has 1 unspecified atom stereocenters. The Balaban J connectivity index is 4.13. The van der Waals surface area contributed by atoms with E-state index in [9.17, 15) is 14.7 Å². The molecule has 7 nitrogen and oxygen atoms in total. The molecule has 0 aliphatic heterocycles. The second kappa shape index (κ2) is 4.66. The zero-order valence-electron chi connectivity index (χ0n) is 7.76. The van der Waals surface area contributed by atoms with E-state index in [2.05, 4.69) is 9.47 Å². The van der Waals surface area contributed by atoms with Crippen LogP contribution in [-0.4, -0.2) is 45.9 Å². The average molecular weight is 208 g/mol. The van der Waals surface area contributed by atoms with E-state index >= 15 is 0 Å². The lowest BCUT2D eigenvalue weighted by atomic mass is 10.0. The normalized spacial score (nSPS) is 13.1. The summed E-state index contributed by atoms with van der Waals surface area (Å²) < 4.78 is 8.39. The van der Waals surface area contributed by atoms with Crippen LogP contribution in [0, 0.1) is 0 Å². The fourth-order valence-corrected chi connectivity index (χ4v) is 0.644. The van der Waals surface area contributed by atoms with Gasteiger partial charge in [0.05, 0.1) is 0 Å². The lowest BCUT2D eigenvalue weighted by molar-refractivity contribution is -0.0948. The first-order valence-corrected chi connectivity index (χ1v) is 3.71. The molecule has 1 atom stereocenters. The van der Waals surface area contributed by atoms with Crippen molar-refractivity contribution in [1.82, 2.24) is 0 Å². The smallest absolute Gasteiger partial charge is 0.450 e. The summed E-state index contributed by atoms with van der Waals surface area (Å²) in [6.45, 7) is 2.06.